The fourth-order valence-electron chi connectivity index (χ4n) is 1.97. The molecule has 2 rings (SSSR count). The van der Waals surface area contributed by atoms with E-state index >= 15 is 0 Å². The number of benzene rings is 2. The van der Waals surface area contributed by atoms with Crippen molar-refractivity contribution in [2.24, 2.45) is 5.10 Å². The van der Waals surface area contributed by atoms with Gasteiger partial charge in [0.2, 0.25) is 0 Å². The largest absolute Gasteiger partial charge is 0.497 e. The van der Waals surface area contributed by atoms with Crippen molar-refractivity contribution >= 4 is 23.7 Å². The molecule has 0 saturated heterocycles. The highest BCUT2D eigenvalue weighted by Crippen LogP contribution is 2.26. The van der Waals surface area contributed by atoms with E-state index in [9.17, 15) is 4.79 Å². The Hall–Kier alpha value is -2.53. The second-order valence-electron chi connectivity index (χ2n) is 5.45. The van der Waals surface area contributed by atoms with Crippen LogP contribution >= 0.6 is 11.6 Å². The second kappa shape index (κ2) is 9.08. The standard InChI is InChI=1S/C19H21ClN2O3/c1-4-13(2)25-18-10-5-14(11-17(18)20)12-21-22-19(23)15-6-8-16(24-3)9-7-15/h5-13H,4H2,1-3H3,(H,22,23)/b21-12-/t13-/m0/s1. The van der Waals surface area contributed by atoms with Crippen molar-refractivity contribution in [1.82, 2.24) is 5.43 Å². The summed E-state index contributed by atoms with van der Waals surface area (Å²) < 4.78 is 10.8. The molecule has 132 valence electrons. The van der Waals surface area contributed by atoms with Gasteiger partial charge in [-0.05, 0) is 61.4 Å². The van der Waals surface area contributed by atoms with E-state index < -0.39 is 0 Å². The number of nitrogens with one attached hydrogen (secondary N) is 1. The fraction of sp³-hybridized carbons (Fsp3) is 0.263. The summed E-state index contributed by atoms with van der Waals surface area (Å²) in [7, 11) is 1.57. The molecule has 0 saturated carbocycles. The Morgan fingerprint density at radius 2 is 2.00 bits per heavy atom. The number of rotatable bonds is 7. The lowest BCUT2D eigenvalue weighted by molar-refractivity contribution is 0.0955. The highest BCUT2D eigenvalue weighted by Gasteiger charge is 2.07. The Balaban J connectivity index is 1.96. The van der Waals surface area contributed by atoms with Gasteiger partial charge in [0, 0.05) is 5.56 Å². The molecule has 0 aromatic heterocycles. The summed E-state index contributed by atoms with van der Waals surface area (Å²) >= 11 is 6.21. The Morgan fingerprint density at radius 3 is 2.60 bits per heavy atom. The first-order chi connectivity index (χ1) is 12.0. The van der Waals surface area contributed by atoms with Gasteiger partial charge < -0.3 is 9.47 Å². The van der Waals surface area contributed by atoms with Gasteiger partial charge in [-0.25, -0.2) is 5.43 Å². The summed E-state index contributed by atoms with van der Waals surface area (Å²) in [5, 5.41) is 4.46. The minimum atomic E-state index is -0.304. The molecule has 1 N–H and O–H groups in total. The molecule has 1 atom stereocenters. The number of methoxy groups -OCH3 is 1. The number of hydrazone groups is 1. The molecule has 25 heavy (non-hydrogen) atoms. The molecule has 2 aromatic rings. The van der Waals surface area contributed by atoms with Crippen molar-refractivity contribution < 1.29 is 14.3 Å². The summed E-state index contributed by atoms with van der Waals surface area (Å²) in [5.41, 5.74) is 3.73. The fourth-order valence-corrected chi connectivity index (χ4v) is 2.20. The van der Waals surface area contributed by atoms with E-state index in [1.165, 1.54) is 6.21 Å². The first-order valence-electron chi connectivity index (χ1n) is 7.97. The molecule has 0 radical (unpaired) electrons. The molecular weight excluding hydrogens is 340 g/mol. The number of carbonyl (C=O) groups excluding carboxylic acids is 1. The van der Waals surface area contributed by atoms with Gasteiger partial charge >= 0.3 is 0 Å². The van der Waals surface area contributed by atoms with Crippen molar-refractivity contribution in [3.05, 3.63) is 58.6 Å². The average Bonchev–Trinajstić information content (AvgIpc) is 2.63. The first kappa shape index (κ1) is 18.8. The van der Waals surface area contributed by atoms with Crippen LogP contribution in [0, 0.1) is 0 Å². The van der Waals surface area contributed by atoms with Crippen LogP contribution in [-0.4, -0.2) is 25.3 Å². The molecule has 0 aliphatic carbocycles. The predicted molar refractivity (Wildman–Crippen MR) is 99.9 cm³/mol. The van der Waals surface area contributed by atoms with Gasteiger partial charge in [0.25, 0.3) is 5.91 Å². The number of ether oxygens (including phenoxy) is 2. The minimum Gasteiger partial charge on any atom is -0.497 e. The lowest BCUT2D eigenvalue weighted by Gasteiger charge is -2.13. The molecule has 0 aliphatic heterocycles. The van der Waals surface area contributed by atoms with Crippen molar-refractivity contribution in [3.63, 3.8) is 0 Å². The van der Waals surface area contributed by atoms with Crippen LogP contribution in [0.15, 0.2) is 47.6 Å². The van der Waals surface area contributed by atoms with E-state index in [2.05, 4.69) is 10.5 Å². The van der Waals surface area contributed by atoms with Gasteiger partial charge in [-0.15, -0.1) is 0 Å². The lowest BCUT2D eigenvalue weighted by Crippen LogP contribution is -2.17. The van der Waals surface area contributed by atoms with E-state index in [0.29, 0.717) is 22.1 Å². The maximum atomic E-state index is 12.0. The number of nitrogens with zero attached hydrogens (tertiary/aromatic N) is 1. The molecule has 5 nitrogen and oxygen atoms in total. The molecule has 0 fully saturated rings. The molecule has 0 heterocycles. The average molecular weight is 361 g/mol. The Morgan fingerprint density at radius 1 is 1.28 bits per heavy atom. The van der Waals surface area contributed by atoms with E-state index in [4.69, 9.17) is 21.1 Å². The summed E-state index contributed by atoms with van der Waals surface area (Å²) in [6.45, 7) is 4.03. The number of amides is 1. The zero-order valence-electron chi connectivity index (χ0n) is 14.5. The van der Waals surface area contributed by atoms with E-state index in [-0.39, 0.29) is 12.0 Å². The van der Waals surface area contributed by atoms with Crippen LogP contribution < -0.4 is 14.9 Å². The van der Waals surface area contributed by atoms with Crippen LogP contribution in [0.3, 0.4) is 0 Å². The zero-order chi connectivity index (χ0) is 18.2. The molecule has 0 aliphatic rings. The second-order valence-corrected chi connectivity index (χ2v) is 5.86. The van der Waals surface area contributed by atoms with Crippen LogP contribution in [0.2, 0.25) is 5.02 Å². The zero-order valence-corrected chi connectivity index (χ0v) is 15.2. The van der Waals surface area contributed by atoms with Gasteiger partial charge in [-0.1, -0.05) is 18.5 Å². The van der Waals surface area contributed by atoms with Crippen molar-refractivity contribution in [2.75, 3.05) is 7.11 Å². The predicted octanol–water partition coefficient (Wildman–Crippen LogP) is 4.29. The number of hydrogen-bond acceptors (Lipinski definition) is 4. The highest BCUT2D eigenvalue weighted by molar-refractivity contribution is 6.32. The van der Waals surface area contributed by atoms with Gasteiger partial charge in [-0.3, -0.25) is 4.79 Å². The minimum absolute atomic E-state index is 0.0980. The highest BCUT2D eigenvalue weighted by atomic mass is 35.5. The van der Waals surface area contributed by atoms with E-state index in [1.54, 1.807) is 43.5 Å². The molecule has 1 amide bonds. The molecule has 2 aromatic carbocycles. The van der Waals surface area contributed by atoms with Crippen molar-refractivity contribution in [1.29, 1.82) is 0 Å². The summed E-state index contributed by atoms with van der Waals surface area (Å²) in [4.78, 5) is 12.0. The first-order valence-corrected chi connectivity index (χ1v) is 8.35. The van der Waals surface area contributed by atoms with Crippen LogP contribution in [0.4, 0.5) is 0 Å². The molecule has 0 spiro atoms. The number of carbonyl (C=O) groups is 1. The summed E-state index contributed by atoms with van der Waals surface area (Å²) in [6.07, 6.45) is 2.53. The monoisotopic (exact) mass is 360 g/mol. The molecule has 0 bridgehead atoms. The van der Waals surface area contributed by atoms with Crippen molar-refractivity contribution in [2.45, 2.75) is 26.4 Å². The SMILES string of the molecule is CC[C@H](C)Oc1ccc(/C=N\NC(=O)c2ccc(OC)cc2)cc1Cl. The van der Waals surface area contributed by atoms with Crippen LogP contribution in [0.25, 0.3) is 0 Å². The summed E-state index contributed by atoms with van der Waals surface area (Å²) in [5.74, 6) is 1.02. The summed E-state index contributed by atoms with van der Waals surface area (Å²) in [6, 6.07) is 12.1. The maximum absolute atomic E-state index is 12.0. The maximum Gasteiger partial charge on any atom is 0.271 e. The van der Waals surface area contributed by atoms with Gasteiger partial charge in [0.15, 0.2) is 0 Å². The third-order valence-corrected chi connectivity index (χ3v) is 3.89. The number of halogens is 1. The van der Waals surface area contributed by atoms with E-state index in [1.807, 2.05) is 19.9 Å². The van der Waals surface area contributed by atoms with Crippen LogP contribution in [0.1, 0.15) is 36.2 Å². The van der Waals surface area contributed by atoms with Gasteiger partial charge in [0.05, 0.1) is 24.5 Å². The Bertz CT molecular complexity index is 745. The normalized spacial score (nSPS) is 12.0. The third kappa shape index (κ3) is 5.50. The lowest BCUT2D eigenvalue weighted by atomic mass is 10.2. The Labute approximate surface area is 152 Å². The third-order valence-electron chi connectivity index (χ3n) is 3.59. The Kier molecular flexibility index (Phi) is 6.83. The molecule has 6 heteroatoms. The van der Waals surface area contributed by atoms with Gasteiger partial charge in [-0.2, -0.15) is 5.10 Å². The van der Waals surface area contributed by atoms with Gasteiger partial charge in [0.1, 0.15) is 11.5 Å². The topological polar surface area (TPSA) is 59.9 Å². The smallest absolute Gasteiger partial charge is 0.271 e. The molecular formula is C19H21ClN2O3. The van der Waals surface area contributed by atoms with Crippen molar-refractivity contribution in [3.8, 4) is 11.5 Å². The quantitative estimate of drug-likeness (QED) is 0.592. The van der Waals surface area contributed by atoms with Crippen LogP contribution in [0.5, 0.6) is 11.5 Å². The van der Waals surface area contributed by atoms with E-state index in [0.717, 1.165) is 12.0 Å². The molecule has 0 unspecified atom stereocenters. The number of hydrogen-bond donors (Lipinski definition) is 1. The van der Waals surface area contributed by atoms with Crippen LogP contribution in [-0.2, 0) is 0 Å².